The van der Waals surface area contributed by atoms with Gasteiger partial charge in [0.25, 0.3) is 0 Å². The van der Waals surface area contributed by atoms with Crippen molar-refractivity contribution in [3.63, 3.8) is 0 Å². The van der Waals surface area contributed by atoms with Crippen LogP contribution < -0.4 is 10.5 Å². The molecule has 1 atom stereocenters. The molecule has 1 heterocycles. The van der Waals surface area contributed by atoms with Crippen LogP contribution in [0.15, 0.2) is 69.7 Å². The first-order valence-corrected chi connectivity index (χ1v) is 9.68. The van der Waals surface area contributed by atoms with Gasteiger partial charge in [-0.3, -0.25) is 0 Å². The Balaban J connectivity index is 2.09. The quantitative estimate of drug-likeness (QED) is 0.647. The Morgan fingerprint density at radius 1 is 1.33 bits per heavy atom. The summed E-state index contributed by atoms with van der Waals surface area (Å²) in [5.41, 5.74) is 7.30. The van der Waals surface area contributed by atoms with E-state index in [0.29, 0.717) is 21.3 Å². The zero-order valence-electron chi connectivity index (χ0n) is 16.2. The monoisotopic (exact) mass is 472 g/mol. The SMILES string of the molecule is COC(=O)C1=C(C)OC(N)=C(C#N)[C@@H]1c1cc(Br)ccc1OCc1cccc(F)c1. The molecule has 8 heteroatoms. The van der Waals surface area contributed by atoms with E-state index < -0.39 is 11.9 Å². The predicted octanol–water partition coefficient (Wildman–Crippen LogP) is 4.42. The molecule has 0 unspecified atom stereocenters. The lowest BCUT2D eigenvalue weighted by molar-refractivity contribution is -0.136. The molecule has 1 aliphatic heterocycles. The number of ether oxygens (including phenoxy) is 3. The van der Waals surface area contributed by atoms with Gasteiger partial charge in [0.05, 0.1) is 18.6 Å². The van der Waals surface area contributed by atoms with E-state index in [4.69, 9.17) is 19.9 Å². The number of methoxy groups -OCH3 is 1. The second-order valence-corrected chi connectivity index (χ2v) is 7.40. The number of allylic oxidation sites excluding steroid dienone is 2. The number of hydrogen-bond acceptors (Lipinski definition) is 6. The van der Waals surface area contributed by atoms with E-state index in [0.717, 1.165) is 0 Å². The van der Waals surface area contributed by atoms with E-state index in [1.54, 1.807) is 37.3 Å². The third kappa shape index (κ3) is 4.31. The lowest BCUT2D eigenvalue weighted by Gasteiger charge is -2.28. The van der Waals surface area contributed by atoms with Crippen molar-refractivity contribution in [3.8, 4) is 11.8 Å². The molecule has 0 radical (unpaired) electrons. The molecule has 0 saturated carbocycles. The van der Waals surface area contributed by atoms with Gasteiger partial charge in [-0.25, -0.2) is 9.18 Å². The Kier molecular flexibility index (Phi) is 6.43. The summed E-state index contributed by atoms with van der Waals surface area (Å²) >= 11 is 3.42. The summed E-state index contributed by atoms with van der Waals surface area (Å²) in [5.74, 6) is -1.32. The first-order valence-electron chi connectivity index (χ1n) is 8.89. The van der Waals surface area contributed by atoms with Gasteiger partial charge in [-0.15, -0.1) is 0 Å². The zero-order valence-corrected chi connectivity index (χ0v) is 17.8. The molecule has 2 aromatic carbocycles. The summed E-state index contributed by atoms with van der Waals surface area (Å²) in [6.07, 6.45) is 0. The van der Waals surface area contributed by atoms with Crippen LogP contribution >= 0.6 is 15.9 Å². The molecule has 30 heavy (non-hydrogen) atoms. The first-order chi connectivity index (χ1) is 14.3. The molecule has 0 saturated heterocycles. The third-order valence-electron chi connectivity index (χ3n) is 4.58. The minimum Gasteiger partial charge on any atom is -0.489 e. The largest absolute Gasteiger partial charge is 0.489 e. The molecule has 2 N–H and O–H groups in total. The van der Waals surface area contributed by atoms with Gasteiger partial charge in [-0.1, -0.05) is 28.1 Å². The fourth-order valence-electron chi connectivity index (χ4n) is 3.23. The number of nitrogens with two attached hydrogens (primary N) is 1. The van der Waals surface area contributed by atoms with Crippen LogP contribution in [0.5, 0.6) is 5.75 Å². The molecule has 2 aromatic rings. The molecule has 0 bridgehead atoms. The predicted molar refractivity (Wildman–Crippen MR) is 110 cm³/mol. The number of carbonyl (C=O) groups excluding carboxylic acids is 1. The highest BCUT2D eigenvalue weighted by Crippen LogP contribution is 2.44. The second kappa shape index (κ2) is 9.01. The molecule has 3 rings (SSSR count). The average Bonchev–Trinajstić information content (AvgIpc) is 2.72. The van der Waals surface area contributed by atoms with Crippen LogP contribution in [0, 0.1) is 17.1 Å². The average molecular weight is 473 g/mol. The van der Waals surface area contributed by atoms with Gasteiger partial charge in [-0.05, 0) is 42.8 Å². The Bertz CT molecular complexity index is 1100. The van der Waals surface area contributed by atoms with Gasteiger partial charge >= 0.3 is 5.97 Å². The van der Waals surface area contributed by atoms with Crippen molar-refractivity contribution in [3.05, 3.63) is 86.7 Å². The van der Waals surface area contributed by atoms with Crippen LogP contribution in [0.4, 0.5) is 4.39 Å². The van der Waals surface area contributed by atoms with Crippen LogP contribution in [0.2, 0.25) is 0 Å². The molecular weight excluding hydrogens is 455 g/mol. The summed E-state index contributed by atoms with van der Waals surface area (Å²) in [4.78, 5) is 12.5. The number of hydrogen-bond donors (Lipinski definition) is 1. The Morgan fingerprint density at radius 3 is 2.77 bits per heavy atom. The van der Waals surface area contributed by atoms with Crippen LogP contribution in [0.3, 0.4) is 0 Å². The Labute approximate surface area is 181 Å². The van der Waals surface area contributed by atoms with Gasteiger partial charge in [0.15, 0.2) is 0 Å². The summed E-state index contributed by atoms with van der Waals surface area (Å²) in [7, 11) is 1.25. The molecular formula is C22H18BrFN2O4. The van der Waals surface area contributed by atoms with Crippen molar-refractivity contribution in [2.24, 2.45) is 5.73 Å². The summed E-state index contributed by atoms with van der Waals surface area (Å²) < 4.78 is 30.5. The summed E-state index contributed by atoms with van der Waals surface area (Å²) in [6, 6.07) is 13.3. The molecule has 0 aliphatic carbocycles. The number of carbonyl (C=O) groups is 1. The van der Waals surface area contributed by atoms with E-state index in [1.807, 2.05) is 6.07 Å². The minimum absolute atomic E-state index is 0.0645. The van der Waals surface area contributed by atoms with Gasteiger partial charge in [-0.2, -0.15) is 5.26 Å². The molecule has 1 aliphatic rings. The lowest BCUT2D eigenvalue weighted by atomic mass is 9.82. The van der Waals surface area contributed by atoms with E-state index in [9.17, 15) is 14.4 Å². The van der Waals surface area contributed by atoms with E-state index >= 15 is 0 Å². The standard InChI is InChI=1S/C22H18BrFN2O4/c1-12-19(22(27)28-2)20(17(10-25)21(26)30-12)16-9-14(23)6-7-18(16)29-11-13-4-3-5-15(24)8-13/h3-9,20H,11,26H2,1-2H3/t20-/m0/s1. The smallest absolute Gasteiger partial charge is 0.338 e. The van der Waals surface area contributed by atoms with Crippen molar-refractivity contribution in [1.29, 1.82) is 5.26 Å². The molecule has 0 spiro atoms. The minimum atomic E-state index is -0.851. The van der Waals surface area contributed by atoms with Gasteiger partial charge in [0, 0.05) is 10.0 Å². The molecule has 0 fully saturated rings. The highest BCUT2D eigenvalue weighted by Gasteiger charge is 2.37. The maximum Gasteiger partial charge on any atom is 0.338 e. The highest BCUT2D eigenvalue weighted by atomic mass is 79.9. The van der Waals surface area contributed by atoms with Crippen molar-refractivity contribution < 1.29 is 23.4 Å². The second-order valence-electron chi connectivity index (χ2n) is 6.49. The maximum atomic E-state index is 13.5. The number of nitriles is 1. The molecule has 6 nitrogen and oxygen atoms in total. The highest BCUT2D eigenvalue weighted by molar-refractivity contribution is 9.10. The Morgan fingerprint density at radius 2 is 2.10 bits per heavy atom. The van der Waals surface area contributed by atoms with Crippen LogP contribution in [-0.2, 0) is 20.9 Å². The number of rotatable bonds is 5. The number of benzene rings is 2. The fraction of sp³-hybridized carbons (Fsp3) is 0.182. The van der Waals surface area contributed by atoms with Crippen LogP contribution in [0.1, 0.15) is 24.0 Å². The fourth-order valence-corrected chi connectivity index (χ4v) is 3.61. The number of halogens is 2. The van der Waals surface area contributed by atoms with Gasteiger partial charge in [0.2, 0.25) is 5.88 Å². The summed E-state index contributed by atoms with van der Waals surface area (Å²) in [5, 5.41) is 9.71. The van der Waals surface area contributed by atoms with Crippen LogP contribution in [0.25, 0.3) is 0 Å². The van der Waals surface area contributed by atoms with Crippen molar-refractivity contribution in [1.82, 2.24) is 0 Å². The lowest BCUT2D eigenvalue weighted by Crippen LogP contribution is -2.25. The number of nitrogens with zero attached hydrogens (tertiary/aromatic N) is 1. The van der Waals surface area contributed by atoms with Gasteiger partial charge < -0.3 is 19.9 Å². The van der Waals surface area contributed by atoms with E-state index in [2.05, 4.69) is 15.9 Å². The van der Waals surface area contributed by atoms with Crippen molar-refractivity contribution in [2.75, 3.05) is 7.11 Å². The molecule has 0 aromatic heterocycles. The van der Waals surface area contributed by atoms with E-state index in [-0.39, 0.29) is 35.2 Å². The maximum absolute atomic E-state index is 13.5. The topological polar surface area (TPSA) is 94.6 Å². The van der Waals surface area contributed by atoms with Crippen molar-refractivity contribution in [2.45, 2.75) is 19.4 Å². The van der Waals surface area contributed by atoms with Crippen LogP contribution in [-0.4, -0.2) is 13.1 Å². The third-order valence-corrected chi connectivity index (χ3v) is 5.07. The zero-order chi connectivity index (χ0) is 21.8. The molecule has 154 valence electrons. The van der Waals surface area contributed by atoms with Gasteiger partial charge in [0.1, 0.15) is 35.6 Å². The Hall–Kier alpha value is -3.31. The normalized spacial score (nSPS) is 16.0. The first kappa shape index (κ1) is 21.4. The van der Waals surface area contributed by atoms with E-state index in [1.165, 1.54) is 19.2 Å². The number of esters is 1. The summed E-state index contributed by atoms with van der Waals surface area (Å²) in [6.45, 7) is 1.67. The van der Waals surface area contributed by atoms with Crippen molar-refractivity contribution >= 4 is 21.9 Å². The molecule has 0 amide bonds.